The van der Waals surface area contributed by atoms with Crippen LogP contribution in [-0.2, 0) is 6.18 Å². The van der Waals surface area contributed by atoms with Crippen LogP contribution in [0.3, 0.4) is 0 Å². The summed E-state index contributed by atoms with van der Waals surface area (Å²) < 4.78 is 51.9. The highest BCUT2D eigenvalue weighted by molar-refractivity contribution is 9.10. The molecule has 108 valence electrons. The third-order valence-electron chi connectivity index (χ3n) is 2.66. The van der Waals surface area contributed by atoms with E-state index >= 15 is 0 Å². The van der Waals surface area contributed by atoms with E-state index < -0.39 is 17.6 Å². The average Bonchev–Trinajstić information content (AvgIpc) is 2.42. The number of nitrogens with zero attached hydrogens (tertiary/aromatic N) is 1. The standard InChI is InChI=1S/C14H7BrF4N2/c15-10-5-8(7-20)1-4-12(10)21-13-6-9(14(17,18)19)2-3-11(13)16/h1-6,21H. The molecule has 21 heavy (non-hydrogen) atoms. The van der Waals surface area contributed by atoms with Gasteiger partial charge in [-0.15, -0.1) is 0 Å². The molecular weight excluding hydrogens is 352 g/mol. The van der Waals surface area contributed by atoms with Gasteiger partial charge in [0.1, 0.15) is 5.82 Å². The van der Waals surface area contributed by atoms with Crippen molar-refractivity contribution in [3.63, 3.8) is 0 Å². The van der Waals surface area contributed by atoms with Crippen LogP contribution in [0.1, 0.15) is 11.1 Å². The Morgan fingerprint density at radius 2 is 1.76 bits per heavy atom. The molecule has 0 fully saturated rings. The van der Waals surface area contributed by atoms with E-state index in [-0.39, 0.29) is 5.69 Å². The summed E-state index contributed by atoms with van der Waals surface area (Å²) in [6.45, 7) is 0. The van der Waals surface area contributed by atoms with Gasteiger partial charge in [-0.25, -0.2) is 4.39 Å². The van der Waals surface area contributed by atoms with E-state index in [2.05, 4.69) is 21.2 Å². The molecule has 1 N–H and O–H groups in total. The quantitative estimate of drug-likeness (QED) is 0.746. The molecule has 2 aromatic carbocycles. The van der Waals surface area contributed by atoms with Crippen LogP contribution in [0.2, 0.25) is 0 Å². The summed E-state index contributed by atoms with van der Waals surface area (Å²) >= 11 is 3.17. The van der Waals surface area contributed by atoms with Crippen LogP contribution in [0.15, 0.2) is 40.9 Å². The molecule has 0 aliphatic heterocycles. The first kappa shape index (κ1) is 15.3. The third-order valence-corrected chi connectivity index (χ3v) is 3.32. The van der Waals surface area contributed by atoms with Gasteiger partial charge in [0.25, 0.3) is 0 Å². The summed E-state index contributed by atoms with van der Waals surface area (Å²) in [7, 11) is 0. The van der Waals surface area contributed by atoms with Crippen molar-refractivity contribution in [2.75, 3.05) is 5.32 Å². The molecule has 0 saturated heterocycles. The lowest BCUT2D eigenvalue weighted by atomic mass is 10.1. The Balaban J connectivity index is 2.38. The molecule has 7 heteroatoms. The van der Waals surface area contributed by atoms with Gasteiger partial charge in [0, 0.05) is 4.47 Å². The molecule has 0 amide bonds. The van der Waals surface area contributed by atoms with Gasteiger partial charge < -0.3 is 5.32 Å². The van der Waals surface area contributed by atoms with Crippen LogP contribution in [0, 0.1) is 17.1 Å². The Hall–Kier alpha value is -2.07. The van der Waals surface area contributed by atoms with Gasteiger partial charge in [-0.1, -0.05) is 0 Å². The van der Waals surface area contributed by atoms with Gasteiger partial charge in [-0.05, 0) is 52.3 Å². The molecule has 0 spiro atoms. The maximum Gasteiger partial charge on any atom is 0.416 e. The van der Waals surface area contributed by atoms with Crippen molar-refractivity contribution in [2.24, 2.45) is 0 Å². The number of nitriles is 1. The SMILES string of the molecule is N#Cc1ccc(Nc2cc(C(F)(F)F)ccc2F)c(Br)c1. The van der Waals surface area contributed by atoms with Crippen LogP contribution in [0.4, 0.5) is 28.9 Å². The molecule has 0 radical (unpaired) electrons. The highest BCUT2D eigenvalue weighted by atomic mass is 79.9. The Bertz CT molecular complexity index is 720. The molecule has 0 aromatic heterocycles. The minimum absolute atomic E-state index is 0.296. The number of hydrogen-bond acceptors (Lipinski definition) is 2. The summed E-state index contributed by atoms with van der Waals surface area (Å²) in [5.74, 6) is -0.806. The van der Waals surface area contributed by atoms with E-state index in [4.69, 9.17) is 5.26 Å². The summed E-state index contributed by atoms with van der Waals surface area (Å²) in [5, 5.41) is 11.3. The van der Waals surface area contributed by atoms with E-state index in [0.717, 1.165) is 6.07 Å². The molecule has 0 heterocycles. The molecule has 2 nitrogen and oxygen atoms in total. The highest BCUT2D eigenvalue weighted by Gasteiger charge is 2.31. The molecule has 0 unspecified atom stereocenters. The Labute approximate surface area is 126 Å². The van der Waals surface area contributed by atoms with Gasteiger partial charge in [0.05, 0.1) is 28.6 Å². The highest BCUT2D eigenvalue weighted by Crippen LogP contribution is 2.34. The first-order valence-corrected chi connectivity index (χ1v) is 6.44. The van der Waals surface area contributed by atoms with E-state index in [9.17, 15) is 17.6 Å². The maximum atomic E-state index is 13.6. The van der Waals surface area contributed by atoms with E-state index in [1.807, 2.05) is 6.07 Å². The fourth-order valence-corrected chi connectivity index (χ4v) is 2.11. The van der Waals surface area contributed by atoms with Crippen molar-refractivity contribution < 1.29 is 17.6 Å². The average molecular weight is 359 g/mol. The first-order valence-electron chi connectivity index (χ1n) is 5.64. The molecule has 2 rings (SSSR count). The Kier molecular flexibility index (Phi) is 4.19. The zero-order valence-electron chi connectivity index (χ0n) is 10.3. The summed E-state index contributed by atoms with van der Waals surface area (Å²) in [6, 6.07) is 8.47. The maximum absolute atomic E-state index is 13.6. The van der Waals surface area contributed by atoms with Gasteiger partial charge >= 0.3 is 6.18 Å². The first-order chi connectivity index (χ1) is 9.81. The van der Waals surface area contributed by atoms with Crippen LogP contribution in [-0.4, -0.2) is 0 Å². The molecule has 0 aliphatic carbocycles. The number of anilines is 2. The zero-order valence-corrected chi connectivity index (χ0v) is 11.9. The zero-order chi connectivity index (χ0) is 15.6. The normalized spacial score (nSPS) is 11.0. The predicted molar refractivity (Wildman–Crippen MR) is 73.5 cm³/mol. The van der Waals surface area contributed by atoms with Crippen molar-refractivity contribution in [3.05, 3.63) is 57.8 Å². The molecule has 0 saturated carbocycles. The second-order valence-electron chi connectivity index (χ2n) is 4.12. The summed E-state index contributed by atoms with van der Waals surface area (Å²) in [5.41, 5.74) is -0.518. The summed E-state index contributed by atoms with van der Waals surface area (Å²) in [6.07, 6.45) is -4.55. The van der Waals surface area contributed by atoms with Crippen LogP contribution in [0.5, 0.6) is 0 Å². The van der Waals surface area contributed by atoms with E-state index in [1.54, 1.807) is 0 Å². The van der Waals surface area contributed by atoms with Crippen molar-refractivity contribution >= 4 is 27.3 Å². The second kappa shape index (κ2) is 5.74. The molecule has 2 aromatic rings. The monoisotopic (exact) mass is 358 g/mol. The van der Waals surface area contributed by atoms with Crippen LogP contribution in [0.25, 0.3) is 0 Å². The number of halogens is 5. The number of benzene rings is 2. The van der Waals surface area contributed by atoms with Gasteiger partial charge in [0.2, 0.25) is 0 Å². The molecule has 0 atom stereocenters. The smallest absolute Gasteiger partial charge is 0.352 e. The second-order valence-corrected chi connectivity index (χ2v) is 4.98. The lowest BCUT2D eigenvalue weighted by Crippen LogP contribution is -2.06. The fourth-order valence-electron chi connectivity index (χ4n) is 1.63. The van der Waals surface area contributed by atoms with Gasteiger partial charge in [0.15, 0.2) is 0 Å². The molecule has 0 bridgehead atoms. The lowest BCUT2D eigenvalue weighted by Gasteiger charge is -2.13. The Morgan fingerprint density at radius 1 is 1.05 bits per heavy atom. The number of rotatable bonds is 2. The van der Waals surface area contributed by atoms with Crippen molar-refractivity contribution in [1.29, 1.82) is 5.26 Å². The van der Waals surface area contributed by atoms with Gasteiger partial charge in [-0.2, -0.15) is 18.4 Å². The van der Waals surface area contributed by atoms with Crippen molar-refractivity contribution in [1.82, 2.24) is 0 Å². The van der Waals surface area contributed by atoms with Crippen molar-refractivity contribution in [3.8, 4) is 6.07 Å². The van der Waals surface area contributed by atoms with Crippen LogP contribution >= 0.6 is 15.9 Å². The van der Waals surface area contributed by atoms with E-state index in [0.29, 0.717) is 27.9 Å². The molecule has 0 aliphatic rings. The minimum atomic E-state index is -4.55. The van der Waals surface area contributed by atoms with Crippen LogP contribution < -0.4 is 5.32 Å². The number of nitrogens with one attached hydrogen (secondary N) is 1. The summed E-state index contributed by atoms with van der Waals surface area (Å²) in [4.78, 5) is 0. The number of alkyl halides is 3. The third kappa shape index (κ3) is 3.52. The number of hydrogen-bond donors (Lipinski definition) is 1. The minimum Gasteiger partial charge on any atom is -0.352 e. The van der Waals surface area contributed by atoms with E-state index in [1.165, 1.54) is 18.2 Å². The lowest BCUT2D eigenvalue weighted by molar-refractivity contribution is -0.137. The largest absolute Gasteiger partial charge is 0.416 e. The van der Waals surface area contributed by atoms with Gasteiger partial charge in [-0.3, -0.25) is 0 Å². The molecular formula is C14H7BrF4N2. The fraction of sp³-hybridized carbons (Fsp3) is 0.0714. The Morgan fingerprint density at radius 3 is 2.33 bits per heavy atom. The van der Waals surface area contributed by atoms with Crippen molar-refractivity contribution in [2.45, 2.75) is 6.18 Å². The predicted octanol–water partition coefficient (Wildman–Crippen LogP) is 5.22. The topological polar surface area (TPSA) is 35.8 Å².